The van der Waals surface area contributed by atoms with Crippen molar-refractivity contribution in [1.29, 1.82) is 0 Å². The minimum Gasteiger partial charge on any atom is -0.441 e. The van der Waals surface area contributed by atoms with E-state index in [-0.39, 0.29) is 0 Å². The van der Waals surface area contributed by atoms with Crippen LogP contribution in [0.1, 0.15) is 37.4 Å². The van der Waals surface area contributed by atoms with Crippen LogP contribution in [0.3, 0.4) is 0 Å². The predicted octanol–water partition coefficient (Wildman–Crippen LogP) is 4.04. The highest BCUT2D eigenvalue weighted by molar-refractivity contribution is 5.80. The van der Waals surface area contributed by atoms with Gasteiger partial charge in [0.2, 0.25) is 0 Å². The summed E-state index contributed by atoms with van der Waals surface area (Å²) in [5.41, 5.74) is 6.94. The van der Waals surface area contributed by atoms with E-state index in [1.54, 1.807) is 0 Å². The predicted molar refractivity (Wildman–Crippen MR) is 82.1 cm³/mol. The molecule has 0 spiro atoms. The Kier molecular flexibility index (Phi) is 2.52. The third-order valence-electron chi connectivity index (χ3n) is 4.78. The number of rotatable bonds is 2. The summed E-state index contributed by atoms with van der Waals surface area (Å²) in [7, 11) is 0. The van der Waals surface area contributed by atoms with Crippen LogP contribution in [-0.4, -0.2) is 15.2 Å². The van der Waals surface area contributed by atoms with Crippen molar-refractivity contribution in [2.24, 2.45) is 5.41 Å². The quantitative estimate of drug-likeness (QED) is 0.771. The van der Waals surface area contributed by atoms with E-state index >= 15 is 0 Å². The fourth-order valence-corrected chi connectivity index (χ4v) is 3.33. The van der Waals surface area contributed by atoms with Crippen molar-refractivity contribution in [3.63, 3.8) is 0 Å². The van der Waals surface area contributed by atoms with E-state index in [0.717, 1.165) is 35.2 Å². The Morgan fingerprint density at radius 3 is 3.00 bits per heavy atom. The molecule has 0 saturated carbocycles. The van der Waals surface area contributed by atoms with Crippen molar-refractivity contribution in [2.75, 3.05) is 0 Å². The Morgan fingerprint density at radius 1 is 1.33 bits per heavy atom. The fourth-order valence-electron chi connectivity index (χ4n) is 3.33. The summed E-state index contributed by atoms with van der Waals surface area (Å²) < 4.78 is 5.64. The molecule has 4 rings (SSSR count). The monoisotopic (exact) mass is 281 g/mol. The van der Waals surface area contributed by atoms with Crippen molar-refractivity contribution in [3.05, 3.63) is 35.3 Å². The summed E-state index contributed by atoms with van der Waals surface area (Å²) in [6.07, 6.45) is 3.38. The lowest BCUT2D eigenvalue weighted by Crippen LogP contribution is -2.15. The van der Waals surface area contributed by atoms with Crippen molar-refractivity contribution in [3.8, 4) is 11.3 Å². The maximum absolute atomic E-state index is 5.64. The molecule has 4 nitrogen and oxygen atoms in total. The molecule has 1 N–H and O–H groups in total. The van der Waals surface area contributed by atoms with Crippen molar-refractivity contribution < 1.29 is 4.42 Å². The molecule has 0 aliphatic heterocycles. The van der Waals surface area contributed by atoms with Crippen molar-refractivity contribution >= 4 is 11.1 Å². The molecule has 2 aromatic heterocycles. The molecular formula is C17H19N3O. The molecule has 1 aliphatic rings. The third-order valence-corrected chi connectivity index (χ3v) is 4.78. The molecule has 0 fully saturated rings. The van der Waals surface area contributed by atoms with Crippen molar-refractivity contribution in [2.45, 2.75) is 40.0 Å². The minimum atomic E-state index is 0.367. The molecular weight excluding hydrogens is 262 g/mol. The van der Waals surface area contributed by atoms with Crippen LogP contribution in [0.2, 0.25) is 0 Å². The molecule has 0 radical (unpaired) electrons. The smallest absolute Gasteiger partial charge is 0.192 e. The first-order valence-corrected chi connectivity index (χ1v) is 7.52. The topological polar surface area (TPSA) is 54.7 Å². The second-order valence-corrected chi connectivity index (χ2v) is 6.46. The molecule has 1 unspecified atom stereocenters. The van der Waals surface area contributed by atoms with Gasteiger partial charge in [-0.25, -0.2) is 4.98 Å². The minimum absolute atomic E-state index is 0.367. The van der Waals surface area contributed by atoms with Crippen LogP contribution in [0.4, 0.5) is 0 Å². The lowest BCUT2D eigenvalue weighted by Gasteiger charge is -2.20. The molecule has 108 valence electrons. The summed E-state index contributed by atoms with van der Waals surface area (Å²) in [4.78, 5) is 4.35. The SMILES string of the molecule is CCC1(C)Cc2[nH]nc(-c3ccc4nc(C)oc4c3)c2C1. The van der Waals surface area contributed by atoms with Crippen LogP contribution in [0.5, 0.6) is 0 Å². The van der Waals surface area contributed by atoms with Gasteiger partial charge < -0.3 is 4.42 Å². The Bertz CT molecular complexity index is 830. The van der Waals surface area contributed by atoms with Crippen LogP contribution in [-0.2, 0) is 12.8 Å². The van der Waals surface area contributed by atoms with Crippen LogP contribution >= 0.6 is 0 Å². The van der Waals surface area contributed by atoms with E-state index in [2.05, 4.69) is 35.1 Å². The average Bonchev–Trinajstić information content (AvgIpc) is 3.09. The van der Waals surface area contributed by atoms with Crippen LogP contribution < -0.4 is 0 Å². The van der Waals surface area contributed by atoms with E-state index in [1.807, 2.05) is 19.1 Å². The highest BCUT2D eigenvalue weighted by Crippen LogP contribution is 2.42. The lowest BCUT2D eigenvalue weighted by atomic mass is 9.84. The van der Waals surface area contributed by atoms with Gasteiger partial charge >= 0.3 is 0 Å². The van der Waals surface area contributed by atoms with Crippen molar-refractivity contribution in [1.82, 2.24) is 15.2 Å². The zero-order chi connectivity index (χ0) is 14.6. The maximum Gasteiger partial charge on any atom is 0.192 e. The number of nitrogens with zero attached hydrogens (tertiary/aromatic N) is 2. The molecule has 21 heavy (non-hydrogen) atoms. The van der Waals surface area contributed by atoms with E-state index in [1.165, 1.54) is 17.7 Å². The third kappa shape index (κ3) is 1.89. The van der Waals surface area contributed by atoms with Gasteiger partial charge in [0, 0.05) is 23.7 Å². The number of hydrogen-bond donors (Lipinski definition) is 1. The number of oxazole rings is 1. The Morgan fingerprint density at radius 2 is 2.19 bits per heavy atom. The second kappa shape index (κ2) is 4.20. The first-order valence-electron chi connectivity index (χ1n) is 7.52. The molecule has 1 aliphatic carbocycles. The number of aromatic nitrogens is 3. The zero-order valence-electron chi connectivity index (χ0n) is 12.7. The molecule has 1 aromatic carbocycles. The van der Waals surface area contributed by atoms with E-state index < -0.39 is 0 Å². The largest absolute Gasteiger partial charge is 0.441 e. The summed E-state index contributed by atoms with van der Waals surface area (Å²) in [5, 5.41) is 7.77. The Balaban J connectivity index is 1.80. The number of hydrogen-bond acceptors (Lipinski definition) is 3. The van der Waals surface area contributed by atoms with Gasteiger partial charge in [0.15, 0.2) is 11.5 Å². The van der Waals surface area contributed by atoms with E-state index in [0.29, 0.717) is 11.3 Å². The van der Waals surface area contributed by atoms with E-state index in [4.69, 9.17) is 4.42 Å². The molecule has 4 heteroatoms. The first-order chi connectivity index (χ1) is 10.1. The number of H-pyrrole nitrogens is 1. The van der Waals surface area contributed by atoms with Crippen LogP contribution in [0, 0.1) is 12.3 Å². The van der Waals surface area contributed by atoms with Gasteiger partial charge in [-0.1, -0.05) is 26.3 Å². The Labute approximate surface area is 123 Å². The molecule has 2 heterocycles. The van der Waals surface area contributed by atoms with Gasteiger partial charge in [-0.2, -0.15) is 5.10 Å². The standard InChI is InChI=1S/C17H19N3O/c1-4-17(3)8-12-14(9-17)19-20-16(12)11-5-6-13-15(7-11)21-10(2)18-13/h5-7H,4,8-9H2,1-3H3,(H,19,20). The number of fused-ring (bicyclic) bond motifs is 2. The van der Waals surface area contributed by atoms with Gasteiger partial charge in [0.1, 0.15) is 5.52 Å². The van der Waals surface area contributed by atoms with Crippen LogP contribution in [0.25, 0.3) is 22.4 Å². The summed E-state index contributed by atoms with van der Waals surface area (Å²) in [5.74, 6) is 0.702. The van der Waals surface area contributed by atoms with Crippen LogP contribution in [0.15, 0.2) is 22.6 Å². The fraction of sp³-hybridized carbons (Fsp3) is 0.412. The Hall–Kier alpha value is -2.10. The zero-order valence-corrected chi connectivity index (χ0v) is 12.7. The summed E-state index contributed by atoms with van der Waals surface area (Å²) in [6, 6.07) is 6.14. The summed E-state index contributed by atoms with van der Waals surface area (Å²) in [6.45, 7) is 6.49. The highest BCUT2D eigenvalue weighted by Gasteiger charge is 2.35. The number of nitrogens with one attached hydrogen (secondary N) is 1. The molecule has 0 bridgehead atoms. The van der Waals surface area contributed by atoms with Gasteiger partial charge in [0.25, 0.3) is 0 Å². The van der Waals surface area contributed by atoms with Gasteiger partial charge in [-0.3, -0.25) is 5.10 Å². The van der Waals surface area contributed by atoms with Gasteiger partial charge in [-0.15, -0.1) is 0 Å². The molecule has 3 aromatic rings. The molecule has 0 amide bonds. The lowest BCUT2D eigenvalue weighted by molar-refractivity contribution is 0.329. The number of aryl methyl sites for hydroxylation is 1. The highest BCUT2D eigenvalue weighted by atomic mass is 16.3. The van der Waals surface area contributed by atoms with Gasteiger partial charge in [-0.05, 0) is 30.4 Å². The normalized spacial score (nSPS) is 21.1. The first kappa shape index (κ1) is 12.6. The maximum atomic E-state index is 5.64. The van der Waals surface area contributed by atoms with Gasteiger partial charge in [0.05, 0.1) is 5.69 Å². The second-order valence-electron chi connectivity index (χ2n) is 6.46. The molecule has 0 saturated heterocycles. The average molecular weight is 281 g/mol. The summed E-state index contributed by atoms with van der Waals surface area (Å²) >= 11 is 0. The number of aromatic amines is 1. The number of benzene rings is 1. The molecule has 1 atom stereocenters. The van der Waals surface area contributed by atoms with E-state index in [9.17, 15) is 0 Å².